The van der Waals surface area contributed by atoms with Crippen molar-refractivity contribution in [2.45, 2.75) is 91.9 Å². The molecular weight excluding hydrogens is 248 g/mol. The first kappa shape index (κ1) is 17.5. The topological polar surface area (TPSA) is 32.3 Å². The van der Waals surface area contributed by atoms with Gasteiger partial charge in [-0.3, -0.25) is 10.1 Å². The van der Waals surface area contributed by atoms with E-state index >= 15 is 0 Å². The molecule has 0 saturated carbocycles. The Balaban J connectivity index is 2.64. The van der Waals surface area contributed by atoms with Crippen LogP contribution in [0.4, 0.5) is 0 Å². The van der Waals surface area contributed by atoms with Gasteiger partial charge in [0, 0.05) is 6.04 Å². The van der Waals surface area contributed by atoms with Crippen molar-refractivity contribution in [3.63, 3.8) is 0 Å². The average molecular weight is 282 g/mol. The van der Waals surface area contributed by atoms with Gasteiger partial charge in [0.2, 0.25) is 5.91 Å². The van der Waals surface area contributed by atoms with Gasteiger partial charge in [-0.25, -0.2) is 0 Å². The highest BCUT2D eigenvalue weighted by Gasteiger charge is 2.41. The molecule has 1 fully saturated rings. The van der Waals surface area contributed by atoms with Gasteiger partial charge in [-0.15, -0.1) is 0 Å². The van der Waals surface area contributed by atoms with Gasteiger partial charge in [0.25, 0.3) is 0 Å². The molecule has 3 heteroatoms. The highest BCUT2D eigenvalue weighted by molar-refractivity contribution is 5.84. The molecule has 0 aromatic heterocycles. The summed E-state index contributed by atoms with van der Waals surface area (Å²) >= 11 is 0. The number of amides is 1. The summed E-state index contributed by atoms with van der Waals surface area (Å²) in [5, 5.41) is 3.55. The number of hydrogen-bond donors (Lipinski definition) is 1. The minimum atomic E-state index is 0.0131. The van der Waals surface area contributed by atoms with Crippen molar-refractivity contribution in [1.82, 2.24) is 10.2 Å². The van der Waals surface area contributed by atoms with Gasteiger partial charge in [0.1, 0.15) is 0 Å². The minimum Gasteiger partial charge on any atom is -0.323 e. The fraction of sp³-hybridized carbons (Fsp3) is 0.941. The molecule has 3 nitrogen and oxygen atoms in total. The fourth-order valence-electron chi connectivity index (χ4n) is 3.13. The molecule has 1 aliphatic heterocycles. The molecule has 0 bridgehead atoms. The Morgan fingerprint density at radius 2 is 1.80 bits per heavy atom. The number of nitrogens with zero attached hydrogens (tertiary/aromatic N) is 1. The number of carbonyl (C=O) groups is 1. The Morgan fingerprint density at radius 3 is 2.30 bits per heavy atom. The molecule has 1 saturated heterocycles. The molecule has 1 rings (SSSR count). The van der Waals surface area contributed by atoms with Crippen LogP contribution < -0.4 is 5.32 Å². The summed E-state index contributed by atoms with van der Waals surface area (Å²) in [6.07, 6.45) is 6.01. The zero-order valence-electron chi connectivity index (χ0n) is 14.3. The SMILES string of the molecule is CCCC1NC(C(C)C)C(=O)N1C(C)CCCC(C)C. The second-order valence-electron chi connectivity index (χ2n) is 7.11. The van der Waals surface area contributed by atoms with Crippen molar-refractivity contribution in [3.05, 3.63) is 0 Å². The molecule has 118 valence electrons. The molecular formula is C17H34N2O. The van der Waals surface area contributed by atoms with Crippen molar-refractivity contribution >= 4 is 5.91 Å². The maximum Gasteiger partial charge on any atom is 0.241 e. The predicted molar refractivity (Wildman–Crippen MR) is 85.5 cm³/mol. The highest BCUT2D eigenvalue weighted by Crippen LogP contribution is 2.24. The molecule has 1 aliphatic rings. The first-order chi connectivity index (χ1) is 9.38. The normalized spacial score (nSPS) is 25.0. The Kier molecular flexibility index (Phi) is 7.01. The average Bonchev–Trinajstić information content (AvgIpc) is 2.66. The van der Waals surface area contributed by atoms with E-state index in [-0.39, 0.29) is 12.2 Å². The maximum absolute atomic E-state index is 12.6. The van der Waals surface area contributed by atoms with Crippen LogP contribution in [0.15, 0.2) is 0 Å². The van der Waals surface area contributed by atoms with Crippen molar-refractivity contribution in [2.24, 2.45) is 11.8 Å². The molecule has 0 aromatic rings. The van der Waals surface area contributed by atoms with Crippen LogP contribution in [0.2, 0.25) is 0 Å². The van der Waals surface area contributed by atoms with Crippen LogP contribution in [0, 0.1) is 11.8 Å². The summed E-state index contributed by atoms with van der Waals surface area (Å²) < 4.78 is 0. The molecule has 3 unspecified atom stereocenters. The summed E-state index contributed by atoms with van der Waals surface area (Å²) in [5.41, 5.74) is 0. The zero-order chi connectivity index (χ0) is 15.3. The molecule has 1 amide bonds. The zero-order valence-corrected chi connectivity index (χ0v) is 14.3. The molecule has 0 aromatic carbocycles. The van der Waals surface area contributed by atoms with E-state index in [2.05, 4.69) is 51.8 Å². The van der Waals surface area contributed by atoms with Gasteiger partial charge >= 0.3 is 0 Å². The summed E-state index contributed by atoms with van der Waals surface area (Å²) in [6, 6.07) is 0.369. The number of nitrogens with one attached hydrogen (secondary N) is 1. The largest absolute Gasteiger partial charge is 0.323 e. The fourth-order valence-corrected chi connectivity index (χ4v) is 3.13. The molecule has 3 atom stereocenters. The van der Waals surface area contributed by atoms with Crippen molar-refractivity contribution in [1.29, 1.82) is 0 Å². The second-order valence-corrected chi connectivity index (χ2v) is 7.11. The quantitative estimate of drug-likeness (QED) is 0.734. The first-order valence-electron chi connectivity index (χ1n) is 8.46. The van der Waals surface area contributed by atoms with Gasteiger partial charge in [-0.05, 0) is 31.6 Å². The van der Waals surface area contributed by atoms with Gasteiger partial charge in [0.15, 0.2) is 0 Å². The molecule has 1 N–H and O–H groups in total. The second kappa shape index (κ2) is 8.02. The molecule has 20 heavy (non-hydrogen) atoms. The molecule has 0 radical (unpaired) electrons. The Bertz CT molecular complexity index is 301. The van der Waals surface area contributed by atoms with Gasteiger partial charge < -0.3 is 4.90 Å². The van der Waals surface area contributed by atoms with Crippen molar-refractivity contribution in [2.75, 3.05) is 0 Å². The van der Waals surface area contributed by atoms with Gasteiger partial charge in [-0.2, -0.15) is 0 Å². The lowest BCUT2D eigenvalue weighted by Gasteiger charge is -2.30. The Hall–Kier alpha value is -0.570. The molecule has 1 heterocycles. The summed E-state index contributed by atoms with van der Waals surface area (Å²) in [6.45, 7) is 13.2. The lowest BCUT2D eigenvalue weighted by atomic mass is 10.0. The third kappa shape index (κ3) is 4.47. The van der Waals surface area contributed by atoms with E-state index in [1.165, 1.54) is 12.8 Å². The monoisotopic (exact) mass is 282 g/mol. The summed E-state index contributed by atoms with van der Waals surface area (Å²) in [7, 11) is 0. The van der Waals surface area contributed by atoms with Crippen molar-refractivity contribution in [3.8, 4) is 0 Å². The highest BCUT2D eigenvalue weighted by atomic mass is 16.2. The number of hydrogen-bond acceptors (Lipinski definition) is 2. The van der Waals surface area contributed by atoms with E-state index in [9.17, 15) is 4.79 Å². The van der Waals surface area contributed by atoms with E-state index in [0.717, 1.165) is 25.2 Å². The third-order valence-electron chi connectivity index (χ3n) is 4.34. The van der Waals surface area contributed by atoms with Crippen LogP contribution in [-0.2, 0) is 4.79 Å². The van der Waals surface area contributed by atoms with Gasteiger partial charge in [-0.1, -0.05) is 53.9 Å². The Labute approximate surface area is 125 Å². The minimum absolute atomic E-state index is 0.0131. The standard InChI is InChI=1S/C17H34N2O/c1-7-9-15-18-16(13(4)5)17(20)19(15)14(6)11-8-10-12(2)3/h12-16,18H,7-11H2,1-6H3. The van der Waals surface area contributed by atoms with Crippen LogP contribution in [0.3, 0.4) is 0 Å². The molecule has 0 aliphatic carbocycles. The van der Waals surface area contributed by atoms with E-state index in [1.807, 2.05) is 0 Å². The van der Waals surface area contributed by atoms with E-state index in [1.54, 1.807) is 0 Å². The third-order valence-corrected chi connectivity index (χ3v) is 4.34. The van der Waals surface area contributed by atoms with Crippen LogP contribution in [0.25, 0.3) is 0 Å². The van der Waals surface area contributed by atoms with Crippen LogP contribution in [0.5, 0.6) is 0 Å². The van der Waals surface area contributed by atoms with Crippen LogP contribution in [-0.4, -0.2) is 29.1 Å². The van der Waals surface area contributed by atoms with E-state index in [0.29, 0.717) is 17.9 Å². The first-order valence-corrected chi connectivity index (χ1v) is 8.46. The molecule has 0 spiro atoms. The van der Waals surface area contributed by atoms with E-state index in [4.69, 9.17) is 0 Å². The van der Waals surface area contributed by atoms with Crippen LogP contribution in [0.1, 0.15) is 73.6 Å². The maximum atomic E-state index is 12.6. The lowest BCUT2D eigenvalue weighted by molar-refractivity contribution is -0.132. The van der Waals surface area contributed by atoms with Crippen molar-refractivity contribution < 1.29 is 4.79 Å². The Morgan fingerprint density at radius 1 is 1.15 bits per heavy atom. The van der Waals surface area contributed by atoms with Gasteiger partial charge in [0.05, 0.1) is 12.2 Å². The van der Waals surface area contributed by atoms with Crippen LogP contribution >= 0.6 is 0 Å². The summed E-state index contributed by atoms with van der Waals surface area (Å²) in [5.74, 6) is 1.44. The smallest absolute Gasteiger partial charge is 0.241 e. The lowest BCUT2D eigenvalue weighted by Crippen LogP contribution is -2.43. The predicted octanol–water partition coefficient (Wildman–Crippen LogP) is 3.78. The summed E-state index contributed by atoms with van der Waals surface area (Å²) in [4.78, 5) is 14.8. The number of rotatable bonds is 8. The number of carbonyl (C=O) groups excluding carboxylic acids is 1. The van der Waals surface area contributed by atoms with E-state index < -0.39 is 0 Å².